The molecule has 0 aromatic rings. The van der Waals surface area contributed by atoms with Gasteiger partial charge in [0.15, 0.2) is 0 Å². The number of thioether (sulfide) groups is 2. The molecular formula is C42H83NO5S2. The van der Waals surface area contributed by atoms with Gasteiger partial charge in [-0.1, -0.05) is 149 Å². The Balaban J connectivity index is 3.94. The Morgan fingerprint density at radius 2 is 0.900 bits per heavy atom. The molecule has 0 bridgehead atoms. The summed E-state index contributed by atoms with van der Waals surface area (Å²) in [5, 5.41) is 9.34. The molecule has 0 amide bonds. The van der Waals surface area contributed by atoms with Crippen LogP contribution in [0.5, 0.6) is 0 Å². The molecule has 0 aliphatic rings. The second-order valence-corrected chi connectivity index (χ2v) is 16.5. The van der Waals surface area contributed by atoms with Gasteiger partial charge in [0.2, 0.25) is 0 Å². The summed E-state index contributed by atoms with van der Waals surface area (Å²) in [5.74, 6) is 1.68. The topological polar surface area (TPSA) is 76.1 Å². The molecule has 0 atom stereocenters. The summed E-state index contributed by atoms with van der Waals surface area (Å²) in [6.45, 7) is 10.3. The lowest BCUT2D eigenvalue weighted by molar-refractivity contribution is 0.107. The predicted octanol–water partition coefficient (Wildman–Crippen LogP) is 13.8. The summed E-state index contributed by atoms with van der Waals surface area (Å²) in [6, 6.07) is 0. The van der Waals surface area contributed by atoms with Gasteiger partial charge in [0.1, 0.15) is 6.10 Å². The maximum Gasteiger partial charge on any atom is 0.367 e. The van der Waals surface area contributed by atoms with Crippen molar-refractivity contribution in [3.8, 4) is 0 Å². The van der Waals surface area contributed by atoms with Crippen LogP contribution < -0.4 is 0 Å². The number of carbonyl (C=O) groups excluding carboxylic acids is 2. The minimum Gasteiger partial charge on any atom is -0.458 e. The molecule has 298 valence electrons. The summed E-state index contributed by atoms with van der Waals surface area (Å²) in [7, 11) is 0. The highest BCUT2D eigenvalue weighted by molar-refractivity contribution is 8.13. The predicted molar refractivity (Wildman–Crippen MR) is 221 cm³/mol. The van der Waals surface area contributed by atoms with E-state index in [4.69, 9.17) is 9.47 Å². The molecule has 0 aromatic carbocycles. The van der Waals surface area contributed by atoms with Gasteiger partial charge in [0, 0.05) is 18.1 Å². The Labute approximate surface area is 319 Å². The molecule has 8 heteroatoms. The molecule has 0 spiro atoms. The molecule has 0 rings (SSSR count). The Morgan fingerprint density at radius 3 is 1.38 bits per heavy atom. The van der Waals surface area contributed by atoms with E-state index in [1.807, 2.05) is 0 Å². The van der Waals surface area contributed by atoms with Crippen LogP contribution in [0.15, 0.2) is 0 Å². The van der Waals surface area contributed by atoms with Crippen LogP contribution in [0.2, 0.25) is 0 Å². The molecule has 0 heterocycles. The fourth-order valence-corrected chi connectivity index (χ4v) is 7.76. The van der Waals surface area contributed by atoms with Crippen LogP contribution in [0, 0.1) is 0 Å². The summed E-state index contributed by atoms with van der Waals surface area (Å²) in [4.78, 5) is 27.0. The van der Waals surface area contributed by atoms with Gasteiger partial charge >= 0.3 is 10.6 Å². The van der Waals surface area contributed by atoms with Gasteiger partial charge in [-0.3, -0.25) is 0 Å². The SMILES string of the molecule is CCCCCCCCCOC(=O)SCCCCCCN(CCO)CCCCCCSC(=O)OC(CCCCCCCC)CCCCCCCC. The van der Waals surface area contributed by atoms with Crippen molar-refractivity contribution < 1.29 is 24.2 Å². The van der Waals surface area contributed by atoms with E-state index in [0.29, 0.717) is 6.61 Å². The van der Waals surface area contributed by atoms with Crippen molar-refractivity contribution in [2.45, 2.75) is 213 Å². The second-order valence-electron chi connectivity index (χ2n) is 14.4. The normalized spacial score (nSPS) is 11.6. The Hall–Kier alpha value is -0.440. The molecule has 0 saturated carbocycles. The summed E-state index contributed by atoms with van der Waals surface area (Å²) >= 11 is 2.70. The van der Waals surface area contributed by atoms with E-state index in [2.05, 4.69) is 25.7 Å². The molecule has 0 aromatic heterocycles. The summed E-state index contributed by atoms with van der Waals surface area (Å²) in [5.41, 5.74) is 0. The number of hydrogen-bond donors (Lipinski definition) is 1. The molecule has 0 unspecified atom stereocenters. The molecule has 0 radical (unpaired) electrons. The minimum atomic E-state index is -0.116. The van der Waals surface area contributed by atoms with E-state index in [1.165, 1.54) is 133 Å². The first-order chi connectivity index (χ1) is 24.6. The number of unbranched alkanes of at least 4 members (excludes halogenated alkanes) is 22. The molecule has 0 fully saturated rings. The van der Waals surface area contributed by atoms with Gasteiger partial charge < -0.3 is 19.5 Å². The van der Waals surface area contributed by atoms with E-state index in [1.54, 1.807) is 0 Å². The molecule has 6 nitrogen and oxygen atoms in total. The number of ether oxygens (including phenoxy) is 2. The van der Waals surface area contributed by atoms with Crippen LogP contribution in [-0.4, -0.2) is 71.1 Å². The number of carbonyl (C=O) groups is 2. The largest absolute Gasteiger partial charge is 0.458 e. The van der Waals surface area contributed by atoms with Gasteiger partial charge in [0.25, 0.3) is 0 Å². The summed E-state index contributed by atoms with van der Waals surface area (Å²) in [6.07, 6.45) is 35.0. The van der Waals surface area contributed by atoms with E-state index in [-0.39, 0.29) is 23.3 Å². The van der Waals surface area contributed by atoms with Crippen LogP contribution >= 0.6 is 23.5 Å². The van der Waals surface area contributed by atoms with Crippen molar-refractivity contribution in [2.24, 2.45) is 0 Å². The fraction of sp³-hybridized carbons (Fsp3) is 0.952. The second kappa shape index (κ2) is 41.3. The highest BCUT2D eigenvalue weighted by atomic mass is 32.2. The lowest BCUT2D eigenvalue weighted by Crippen LogP contribution is -2.29. The van der Waals surface area contributed by atoms with Crippen molar-refractivity contribution in [2.75, 3.05) is 44.4 Å². The first-order valence-electron chi connectivity index (χ1n) is 21.5. The molecule has 0 saturated heterocycles. The third kappa shape index (κ3) is 37.3. The maximum absolute atomic E-state index is 12.6. The van der Waals surface area contributed by atoms with Gasteiger partial charge in [-0.05, 0) is 94.4 Å². The average molecular weight is 746 g/mol. The average Bonchev–Trinajstić information content (AvgIpc) is 3.11. The minimum absolute atomic E-state index is 0.0709. The molecule has 50 heavy (non-hydrogen) atoms. The smallest absolute Gasteiger partial charge is 0.367 e. The van der Waals surface area contributed by atoms with Gasteiger partial charge in [0.05, 0.1) is 13.2 Å². The van der Waals surface area contributed by atoms with E-state index < -0.39 is 0 Å². The zero-order chi connectivity index (χ0) is 36.6. The third-order valence-electron chi connectivity index (χ3n) is 9.58. The maximum atomic E-state index is 12.6. The van der Waals surface area contributed by atoms with E-state index in [0.717, 1.165) is 108 Å². The standard InChI is InChI=1S/C42H83NO5S2/c1-4-7-10-13-16-21-28-37-47-41(45)49-38-29-22-19-26-33-43(35-36-44)34-27-20-23-30-39-50-42(46)48-40(31-24-17-14-11-8-5-2)32-25-18-15-12-9-6-3/h40,44H,4-39H2,1-3H3. The Kier molecular flexibility index (Phi) is 41.0. The zero-order valence-corrected chi connectivity index (χ0v) is 35.0. The first kappa shape index (κ1) is 49.6. The molecule has 0 aliphatic heterocycles. The van der Waals surface area contributed by atoms with Crippen LogP contribution in [-0.2, 0) is 9.47 Å². The van der Waals surface area contributed by atoms with Crippen molar-refractivity contribution >= 4 is 34.1 Å². The fourth-order valence-electron chi connectivity index (χ4n) is 6.36. The van der Waals surface area contributed by atoms with Gasteiger partial charge in [-0.15, -0.1) is 0 Å². The zero-order valence-electron chi connectivity index (χ0n) is 33.4. The third-order valence-corrected chi connectivity index (χ3v) is 11.3. The molecule has 1 N–H and O–H groups in total. The first-order valence-corrected chi connectivity index (χ1v) is 23.5. The van der Waals surface area contributed by atoms with Crippen molar-refractivity contribution in [3.63, 3.8) is 0 Å². The number of hydrogen-bond acceptors (Lipinski definition) is 8. The highest BCUT2D eigenvalue weighted by Crippen LogP contribution is 2.21. The quantitative estimate of drug-likeness (QED) is 0.0492. The van der Waals surface area contributed by atoms with Gasteiger partial charge in [-0.2, -0.15) is 0 Å². The number of aliphatic hydroxyl groups is 1. The van der Waals surface area contributed by atoms with Crippen molar-refractivity contribution in [1.29, 1.82) is 0 Å². The van der Waals surface area contributed by atoms with Crippen LogP contribution in [0.3, 0.4) is 0 Å². The van der Waals surface area contributed by atoms with Crippen LogP contribution in [0.25, 0.3) is 0 Å². The Morgan fingerprint density at radius 1 is 0.500 bits per heavy atom. The van der Waals surface area contributed by atoms with Crippen molar-refractivity contribution in [3.05, 3.63) is 0 Å². The molecule has 0 aliphatic carbocycles. The van der Waals surface area contributed by atoms with Gasteiger partial charge in [-0.25, -0.2) is 9.59 Å². The van der Waals surface area contributed by atoms with E-state index in [9.17, 15) is 14.7 Å². The monoisotopic (exact) mass is 746 g/mol. The Bertz CT molecular complexity index is 698. The van der Waals surface area contributed by atoms with Crippen LogP contribution in [0.4, 0.5) is 9.59 Å². The van der Waals surface area contributed by atoms with Crippen LogP contribution in [0.1, 0.15) is 207 Å². The number of nitrogens with zero attached hydrogens (tertiary/aromatic N) is 1. The lowest BCUT2D eigenvalue weighted by atomic mass is 10.0. The number of aliphatic hydroxyl groups excluding tert-OH is 1. The lowest BCUT2D eigenvalue weighted by Gasteiger charge is -2.21. The molecular weight excluding hydrogens is 663 g/mol. The van der Waals surface area contributed by atoms with E-state index >= 15 is 0 Å². The number of rotatable bonds is 39. The van der Waals surface area contributed by atoms with Crippen molar-refractivity contribution in [1.82, 2.24) is 4.90 Å². The summed E-state index contributed by atoms with van der Waals surface area (Å²) < 4.78 is 11.3. The highest BCUT2D eigenvalue weighted by Gasteiger charge is 2.15.